The van der Waals surface area contributed by atoms with Crippen molar-refractivity contribution in [1.29, 1.82) is 0 Å². The third-order valence-corrected chi connectivity index (χ3v) is 5.85. The Morgan fingerprint density at radius 3 is 2.75 bits per heavy atom. The number of aromatic nitrogens is 2. The fourth-order valence-corrected chi connectivity index (χ4v) is 3.88. The number of rotatable bonds is 8. The lowest BCUT2D eigenvalue weighted by molar-refractivity contribution is -0.115. The summed E-state index contributed by atoms with van der Waals surface area (Å²) in [5, 5.41) is 7.72. The zero-order chi connectivity index (χ0) is 22.9. The highest BCUT2D eigenvalue weighted by molar-refractivity contribution is 7.14. The van der Waals surface area contributed by atoms with Crippen molar-refractivity contribution in [3.63, 3.8) is 0 Å². The average molecular weight is 455 g/mol. The van der Waals surface area contributed by atoms with E-state index >= 15 is 0 Å². The van der Waals surface area contributed by atoms with Gasteiger partial charge >= 0.3 is 0 Å². The quantitative estimate of drug-likeness (QED) is 0.516. The van der Waals surface area contributed by atoms with E-state index in [0.717, 1.165) is 23.6 Å². The molecule has 0 atom stereocenters. The molecule has 1 saturated carbocycles. The summed E-state index contributed by atoms with van der Waals surface area (Å²) in [7, 11) is 1.83. The maximum Gasteiger partial charge on any atom is 0.253 e. The number of carbonyl (C=O) groups excluding carboxylic acids is 2. The van der Waals surface area contributed by atoms with Gasteiger partial charge in [-0.3, -0.25) is 9.59 Å². The molecule has 0 aliphatic heterocycles. The van der Waals surface area contributed by atoms with Crippen molar-refractivity contribution >= 4 is 28.3 Å². The Bertz CT molecular complexity index is 1040. The number of thiazole rings is 1. The van der Waals surface area contributed by atoms with Gasteiger partial charge in [0.15, 0.2) is 5.13 Å². The van der Waals surface area contributed by atoms with Crippen molar-refractivity contribution in [2.45, 2.75) is 33.1 Å². The number of carbonyl (C=O) groups is 2. The normalized spacial score (nSPS) is 12.8. The number of benzene rings is 1. The second-order valence-electron chi connectivity index (χ2n) is 7.47. The first-order valence-corrected chi connectivity index (χ1v) is 11.8. The highest BCUT2D eigenvalue weighted by Gasteiger charge is 2.18. The number of nitrogens with one attached hydrogen (secondary N) is 2. The second-order valence-corrected chi connectivity index (χ2v) is 8.33. The molecule has 170 valence electrons. The Morgan fingerprint density at radius 1 is 1.25 bits per heavy atom. The summed E-state index contributed by atoms with van der Waals surface area (Å²) in [6.45, 7) is 4.64. The molecular formula is C24H30N4O3S. The molecule has 1 aliphatic carbocycles. The van der Waals surface area contributed by atoms with Crippen LogP contribution in [0.25, 0.3) is 11.3 Å². The van der Waals surface area contributed by atoms with E-state index < -0.39 is 0 Å². The van der Waals surface area contributed by atoms with Crippen LogP contribution in [0, 0.1) is 5.92 Å². The van der Waals surface area contributed by atoms with Gasteiger partial charge < -0.3 is 19.9 Å². The van der Waals surface area contributed by atoms with E-state index in [2.05, 4.69) is 15.6 Å². The van der Waals surface area contributed by atoms with Crippen molar-refractivity contribution in [3.05, 3.63) is 53.7 Å². The number of aryl methyl sites for hydroxylation is 1. The lowest BCUT2D eigenvalue weighted by atomic mass is 9.86. The lowest BCUT2D eigenvalue weighted by Crippen LogP contribution is -2.32. The van der Waals surface area contributed by atoms with Gasteiger partial charge in [0.05, 0.1) is 24.4 Å². The molecule has 2 N–H and O–H groups in total. The molecule has 1 fully saturated rings. The Labute approximate surface area is 192 Å². The molecule has 0 saturated heterocycles. The summed E-state index contributed by atoms with van der Waals surface area (Å²) in [5.74, 6) is 0.904. The van der Waals surface area contributed by atoms with Crippen molar-refractivity contribution < 1.29 is 14.3 Å². The largest absolute Gasteiger partial charge is 0.493 e. The molecule has 0 spiro atoms. The van der Waals surface area contributed by atoms with Gasteiger partial charge in [-0.05, 0) is 37.0 Å². The van der Waals surface area contributed by atoms with Crippen LogP contribution in [0.5, 0.6) is 5.75 Å². The van der Waals surface area contributed by atoms with Crippen molar-refractivity contribution in [1.82, 2.24) is 14.9 Å². The van der Waals surface area contributed by atoms with Crippen LogP contribution < -0.4 is 15.4 Å². The third kappa shape index (κ3) is 6.43. The number of amides is 2. The minimum absolute atomic E-state index is 0.118. The molecule has 4 rings (SSSR count). The predicted octanol–water partition coefficient (Wildman–Crippen LogP) is 4.72. The van der Waals surface area contributed by atoms with Gasteiger partial charge in [-0.1, -0.05) is 32.4 Å². The first-order valence-electron chi connectivity index (χ1n) is 11.0. The summed E-state index contributed by atoms with van der Waals surface area (Å²) in [4.78, 5) is 28.7. The third-order valence-electron chi connectivity index (χ3n) is 5.09. The van der Waals surface area contributed by atoms with Crippen molar-refractivity contribution in [2.24, 2.45) is 13.0 Å². The summed E-state index contributed by atoms with van der Waals surface area (Å²) in [6.07, 6.45) is 7.28. The summed E-state index contributed by atoms with van der Waals surface area (Å²) in [5.41, 5.74) is 2.23. The maximum atomic E-state index is 12.2. The molecule has 2 amide bonds. The van der Waals surface area contributed by atoms with E-state index in [1.54, 1.807) is 23.0 Å². The van der Waals surface area contributed by atoms with Crippen LogP contribution in [-0.4, -0.2) is 34.5 Å². The minimum Gasteiger partial charge on any atom is -0.493 e. The van der Waals surface area contributed by atoms with Gasteiger partial charge in [0.2, 0.25) is 5.91 Å². The number of hydrogen-bond acceptors (Lipinski definition) is 5. The van der Waals surface area contributed by atoms with E-state index in [0.29, 0.717) is 16.6 Å². The molecule has 32 heavy (non-hydrogen) atoms. The second kappa shape index (κ2) is 11.5. The molecule has 1 aliphatic rings. The molecular weight excluding hydrogens is 424 g/mol. The smallest absolute Gasteiger partial charge is 0.253 e. The van der Waals surface area contributed by atoms with Crippen LogP contribution in [0.3, 0.4) is 0 Å². The molecule has 7 nitrogen and oxygen atoms in total. The van der Waals surface area contributed by atoms with Crippen LogP contribution >= 0.6 is 11.3 Å². The fraction of sp³-hybridized carbons (Fsp3) is 0.375. The number of anilines is 1. The standard InChI is InChI=1S/C22H24N4O3S.C2H6/c1-26-9-8-17(12-26)21(28)23-11-20(27)25-22-24-19(14-30-22)16-6-3-7-18(10-16)29-13-15-4-2-5-15;1-2/h3,6-10,12,14-15H,2,4-5,11,13H2,1H3,(H,23,28)(H,24,25,27);1-2H3. The van der Waals surface area contributed by atoms with Crippen LogP contribution in [0.2, 0.25) is 0 Å². The van der Waals surface area contributed by atoms with Gasteiger partial charge in [0.1, 0.15) is 5.75 Å². The summed E-state index contributed by atoms with van der Waals surface area (Å²) >= 11 is 1.34. The molecule has 0 unspecified atom stereocenters. The Morgan fingerprint density at radius 2 is 2.06 bits per heavy atom. The highest BCUT2D eigenvalue weighted by atomic mass is 32.1. The van der Waals surface area contributed by atoms with E-state index in [9.17, 15) is 9.59 Å². The number of hydrogen-bond donors (Lipinski definition) is 2. The van der Waals surface area contributed by atoms with E-state index in [-0.39, 0.29) is 18.4 Å². The first kappa shape index (κ1) is 23.5. The molecule has 1 aromatic carbocycles. The molecule has 3 aromatic rings. The predicted molar refractivity (Wildman–Crippen MR) is 128 cm³/mol. The monoisotopic (exact) mass is 454 g/mol. The Balaban J connectivity index is 0.00000141. The van der Waals surface area contributed by atoms with Crippen LogP contribution in [0.1, 0.15) is 43.5 Å². The van der Waals surface area contributed by atoms with Crippen molar-refractivity contribution in [2.75, 3.05) is 18.5 Å². The van der Waals surface area contributed by atoms with Gasteiger partial charge in [-0.15, -0.1) is 11.3 Å². The molecule has 0 radical (unpaired) electrons. The van der Waals surface area contributed by atoms with Gasteiger partial charge in [-0.2, -0.15) is 0 Å². The van der Waals surface area contributed by atoms with E-state index in [1.165, 1.54) is 30.6 Å². The molecule has 2 aromatic heterocycles. The summed E-state index contributed by atoms with van der Waals surface area (Å²) in [6, 6.07) is 9.54. The molecule has 2 heterocycles. The molecule has 8 heteroatoms. The molecule has 0 bridgehead atoms. The van der Waals surface area contributed by atoms with Crippen LogP contribution in [-0.2, 0) is 11.8 Å². The van der Waals surface area contributed by atoms with Crippen molar-refractivity contribution in [3.8, 4) is 17.0 Å². The lowest BCUT2D eigenvalue weighted by Gasteiger charge is -2.25. The highest BCUT2D eigenvalue weighted by Crippen LogP contribution is 2.30. The average Bonchev–Trinajstić information content (AvgIpc) is 3.42. The van der Waals surface area contributed by atoms with Crippen LogP contribution in [0.4, 0.5) is 5.13 Å². The number of ether oxygens (including phenoxy) is 1. The van der Waals surface area contributed by atoms with E-state index in [4.69, 9.17) is 4.74 Å². The zero-order valence-corrected chi connectivity index (χ0v) is 19.6. The van der Waals surface area contributed by atoms with E-state index in [1.807, 2.05) is 50.5 Å². The SMILES string of the molecule is CC.Cn1ccc(C(=O)NCC(=O)Nc2nc(-c3cccc(OCC4CCC4)c3)cs2)c1. The van der Waals surface area contributed by atoms with Gasteiger partial charge in [0, 0.05) is 30.4 Å². The Hall–Kier alpha value is -3.13. The van der Waals surface area contributed by atoms with Crippen LogP contribution in [0.15, 0.2) is 48.1 Å². The number of nitrogens with zero attached hydrogens (tertiary/aromatic N) is 2. The Kier molecular flexibility index (Phi) is 8.44. The summed E-state index contributed by atoms with van der Waals surface area (Å²) < 4.78 is 7.68. The minimum atomic E-state index is -0.322. The van der Waals surface area contributed by atoms with Gasteiger partial charge in [0.25, 0.3) is 5.91 Å². The zero-order valence-electron chi connectivity index (χ0n) is 18.8. The van der Waals surface area contributed by atoms with Gasteiger partial charge in [-0.25, -0.2) is 4.98 Å². The maximum absolute atomic E-state index is 12.2. The first-order chi connectivity index (χ1) is 15.6. The fourth-order valence-electron chi connectivity index (χ4n) is 3.15. The topological polar surface area (TPSA) is 85.3 Å².